The molecule has 164 valence electrons. The van der Waals surface area contributed by atoms with Gasteiger partial charge in [-0.1, -0.05) is 42.6 Å². The number of carbonyl (C=O) groups excluding carboxylic acids is 1. The molecule has 1 rings (SSSR count). The SMILES string of the molecule is C=C(C=CC(=C)OCC(=NOC)C(C)=CC)COc1ccc(C(C#N)CC(C)=O)cc1. The van der Waals surface area contributed by atoms with Gasteiger partial charge in [0.2, 0.25) is 0 Å². The van der Waals surface area contributed by atoms with Crippen molar-refractivity contribution in [3.8, 4) is 11.8 Å². The lowest BCUT2D eigenvalue weighted by molar-refractivity contribution is -0.117. The Balaban J connectivity index is 2.53. The van der Waals surface area contributed by atoms with Gasteiger partial charge < -0.3 is 14.3 Å². The van der Waals surface area contributed by atoms with Crippen LogP contribution in [0.3, 0.4) is 0 Å². The molecule has 31 heavy (non-hydrogen) atoms. The van der Waals surface area contributed by atoms with Crippen LogP contribution in [0.5, 0.6) is 5.75 Å². The second-order valence-electron chi connectivity index (χ2n) is 6.88. The number of oxime groups is 1. The van der Waals surface area contributed by atoms with Gasteiger partial charge in [0.1, 0.15) is 43.3 Å². The Morgan fingerprint density at radius 3 is 2.42 bits per heavy atom. The summed E-state index contributed by atoms with van der Waals surface area (Å²) in [6, 6.07) is 9.31. The van der Waals surface area contributed by atoms with Gasteiger partial charge in [-0.25, -0.2) is 0 Å². The molecule has 0 spiro atoms. The maximum atomic E-state index is 11.3. The Bertz CT molecular complexity index is 902. The van der Waals surface area contributed by atoms with Gasteiger partial charge in [0.15, 0.2) is 0 Å². The number of ketones is 1. The summed E-state index contributed by atoms with van der Waals surface area (Å²) in [6.45, 7) is 13.7. The predicted octanol–water partition coefficient (Wildman–Crippen LogP) is 5.26. The average molecular weight is 423 g/mol. The van der Waals surface area contributed by atoms with Crippen LogP contribution in [0, 0.1) is 11.3 Å². The van der Waals surface area contributed by atoms with Crippen LogP contribution in [0.1, 0.15) is 38.7 Å². The minimum atomic E-state index is -0.443. The van der Waals surface area contributed by atoms with Gasteiger partial charge in [0.05, 0.1) is 12.0 Å². The molecule has 0 bridgehead atoms. The van der Waals surface area contributed by atoms with E-state index in [0.29, 0.717) is 17.2 Å². The van der Waals surface area contributed by atoms with Crippen LogP contribution in [-0.4, -0.2) is 31.8 Å². The zero-order chi connectivity index (χ0) is 23.2. The molecule has 1 aromatic rings. The minimum Gasteiger partial charge on any atom is -0.489 e. The molecule has 0 heterocycles. The summed E-state index contributed by atoms with van der Waals surface area (Å²) < 4.78 is 11.3. The summed E-state index contributed by atoms with van der Waals surface area (Å²) in [5.41, 5.74) is 3.18. The number of nitriles is 1. The summed E-state index contributed by atoms with van der Waals surface area (Å²) in [4.78, 5) is 16.1. The third-order valence-electron chi connectivity index (χ3n) is 4.34. The maximum Gasteiger partial charge on any atom is 0.134 e. The molecule has 6 nitrogen and oxygen atoms in total. The highest BCUT2D eigenvalue weighted by atomic mass is 16.6. The fourth-order valence-electron chi connectivity index (χ4n) is 2.45. The number of ether oxygens (including phenoxy) is 2. The van der Waals surface area contributed by atoms with E-state index in [4.69, 9.17) is 14.3 Å². The van der Waals surface area contributed by atoms with E-state index in [1.807, 2.05) is 19.9 Å². The van der Waals surface area contributed by atoms with Crippen molar-refractivity contribution in [3.05, 3.63) is 78.1 Å². The molecule has 0 aliphatic heterocycles. The zero-order valence-corrected chi connectivity index (χ0v) is 18.7. The van der Waals surface area contributed by atoms with Gasteiger partial charge in [-0.3, -0.25) is 4.79 Å². The number of hydrogen-bond donors (Lipinski definition) is 0. The Morgan fingerprint density at radius 2 is 1.87 bits per heavy atom. The quantitative estimate of drug-likeness (QED) is 0.187. The molecule has 1 atom stereocenters. The number of nitrogens with zero attached hydrogens (tertiary/aromatic N) is 2. The number of benzene rings is 1. The topological polar surface area (TPSA) is 80.9 Å². The summed E-state index contributed by atoms with van der Waals surface area (Å²) in [5, 5.41) is 13.2. The van der Waals surface area contributed by atoms with Gasteiger partial charge in [-0.2, -0.15) is 5.26 Å². The molecule has 0 saturated heterocycles. The molecule has 0 N–H and O–H groups in total. The summed E-state index contributed by atoms with van der Waals surface area (Å²) in [7, 11) is 1.49. The van der Waals surface area contributed by atoms with Crippen molar-refractivity contribution in [2.75, 3.05) is 20.3 Å². The molecule has 0 saturated carbocycles. The third kappa shape index (κ3) is 9.64. The molecule has 6 heteroatoms. The summed E-state index contributed by atoms with van der Waals surface area (Å²) in [6.07, 6.45) is 5.61. The van der Waals surface area contributed by atoms with Crippen LogP contribution >= 0.6 is 0 Å². The van der Waals surface area contributed by atoms with Gasteiger partial charge in [-0.05, 0) is 55.7 Å². The summed E-state index contributed by atoms with van der Waals surface area (Å²) in [5.74, 6) is 0.655. The van der Waals surface area contributed by atoms with Crippen LogP contribution in [0.15, 0.2) is 77.7 Å². The minimum absolute atomic E-state index is 0.0142. The molecule has 0 aromatic heterocycles. The first kappa shape index (κ1) is 25.4. The molecule has 0 fully saturated rings. The monoisotopic (exact) mass is 422 g/mol. The van der Waals surface area contributed by atoms with E-state index >= 15 is 0 Å². The van der Waals surface area contributed by atoms with Crippen molar-refractivity contribution >= 4 is 11.5 Å². The lowest BCUT2D eigenvalue weighted by atomic mass is 9.95. The predicted molar refractivity (Wildman–Crippen MR) is 123 cm³/mol. The molecule has 0 amide bonds. The molecule has 1 aromatic carbocycles. The van der Waals surface area contributed by atoms with Gasteiger partial charge >= 0.3 is 0 Å². The normalized spacial score (nSPS) is 12.7. The highest BCUT2D eigenvalue weighted by Crippen LogP contribution is 2.22. The molecular formula is C25H30N2O4. The highest BCUT2D eigenvalue weighted by Gasteiger charge is 2.13. The standard InChI is InChI=1S/C25H30N2O4/c1-7-19(3)25(27-29-6)17-30-21(5)9-8-18(2)16-31-24-12-10-22(11-13-24)23(15-26)14-20(4)28/h7-13,23H,2,5,14,16-17H2,1,3-4,6H3. The van der Waals surface area contributed by atoms with Crippen LogP contribution in [-0.2, 0) is 14.4 Å². The zero-order valence-electron chi connectivity index (χ0n) is 18.7. The Morgan fingerprint density at radius 1 is 1.19 bits per heavy atom. The smallest absolute Gasteiger partial charge is 0.134 e. The van der Waals surface area contributed by atoms with Crippen molar-refractivity contribution in [3.63, 3.8) is 0 Å². The van der Waals surface area contributed by atoms with Crippen molar-refractivity contribution < 1.29 is 19.1 Å². The molecule has 0 aliphatic carbocycles. The lowest BCUT2D eigenvalue weighted by Crippen LogP contribution is -2.10. The Labute approximate surface area is 184 Å². The summed E-state index contributed by atoms with van der Waals surface area (Å²) >= 11 is 0. The lowest BCUT2D eigenvalue weighted by Gasteiger charge is -2.10. The van der Waals surface area contributed by atoms with E-state index < -0.39 is 5.92 Å². The second-order valence-corrected chi connectivity index (χ2v) is 6.88. The van der Waals surface area contributed by atoms with Crippen LogP contribution in [0.2, 0.25) is 0 Å². The fraction of sp³-hybridized carbons (Fsp3) is 0.320. The van der Waals surface area contributed by atoms with Crippen LogP contribution in [0.25, 0.3) is 0 Å². The first-order chi connectivity index (χ1) is 14.8. The van der Waals surface area contributed by atoms with Crippen LogP contribution < -0.4 is 4.74 Å². The number of rotatable bonds is 13. The van der Waals surface area contributed by atoms with Gasteiger partial charge in [-0.15, -0.1) is 0 Å². The van der Waals surface area contributed by atoms with Crippen molar-refractivity contribution in [1.29, 1.82) is 5.26 Å². The van der Waals surface area contributed by atoms with E-state index in [9.17, 15) is 10.1 Å². The first-order valence-corrected chi connectivity index (χ1v) is 9.83. The number of carbonyl (C=O) groups is 1. The van der Waals surface area contributed by atoms with E-state index in [-0.39, 0.29) is 25.4 Å². The number of hydrogen-bond acceptors (Lipinski definition) is 6. The molecule has 1 unspecified atom stereocenters. The number of Topliss-reactive ketones (excluding diaryl/α,β-unsaturated/α-hetero) is 1. The molecular weight excluding hydrogens is 392 g/mol. The van der Waals surface area contributed by atoms with Crippen LogP contribution in [0.4, 0.5) is 0 Å². The average Bonchev–Trinajstić information content (AvgIpc) is 2.77. The van der Waals surface area contributed by atoms with E-state index in [2.05, 4.69) is 24.4 Å². The van der Waals surface area contributed by atoms with E-state index in [0.717, 1.165) is 16.7 Å². The third-order valence-corrected chi connectivity index (χ3v) is 4.34. The Kier molecular flexibility index (Phi) is 11.2. The van der Waals surface area contributed by atoms with E-state index in [1.54, 1.807) is 36.4 Å². The number of allylic oxidation sites excluding steroid dienone is 2. The molecule has 0 radical (unpaired) electrons. The highest BCUT2D eigenvalue weighted by molar-refractivity contribution is 6.00. The first-order valence-electron chi connectivity index (χ1n) is 9.83. The van der Waals surface area contributed by atoms with Crippen molar-refractivity contribution in [1.82, 2.24) is 0 Å². The largest absolute Gasteiger partial charge is 0.489 e. The second kappa shape index (κ2) is 13.6. The van der Waals surface area contributed by atoms with Gasteiger partial charge in [0, 0.05) is 6.42 Å². The van der Waals surface area contributed by atoms with E-state index in [1.165, 1.54) is 14.0 Å². The van der Waals surface area contributed by atoms with Crippen molar-refractivity contribution in [2.24, 2.45) is 5.16 Å². The maximum absolute atomic E-state index is 11.3. The van der Waals surface area contributed by atoms with Crippen molar-refractivity contribution in [2.45, 2.75) is 33.1 Å². The molecule has 0 aliphatic rings. The fourth-order valence-corrected chi connectivity index (χ4v) is 2.45. The Hall–Kier alpha value is -3.59. The van der Waals surface area contributed by atoms with Gasteiger partial charge in [0.25, 0.3) is 0 Å².